The zero-order valence-corrected chi connectivity index (χ0v) is 16.0. The molecule has 1 N–H and O–H groups in total. The molecule has 2 aromatic heterocycles. The standard InChI is InChI=1S/C20H24N6O2/c1-13-11-25(19(27)10-17-15-4-2-3-5-16(15)21-22-17)12-18-23-24-20(26(13)18)14-6-8-28-9-7-14/h2-5,13-14H,6-12H2,1H3,(H,21,22)/t13-/m0/s1. The lowest BCUT2D eigenvalue weighted by molar-refractivity contribution is -0.132. The number of hydrogen-bond acceptors (Lipinski definition) is 5. The van der Waals surface area contributed by atoms with Crippen molar-refractivity contribution in [2.24, 2.45) is 0 Å². The normalized spacial score (nSPS) is 20.5. The molecule has 5 rings (SSSR count). The smallest absolute Gasteiger partial charge is 0.229 e. The second-order valence-corrected chi connectivity index (χ2v) is 7.75. The van der Waals surface area contributed by atoms with Gasteiger partial charge in [-0.15, -0.1) is 10.2 Å². The van der Waals surface area contributed by atoms with Crippen LogP contribution in [-0.2, 0) is 22.5 Å². The molecule has 0 bridgehead atoms. The average molecular weight is 380 g/mol. The van der Waals surface area contributed by atoms with Crippen LogP contribution >= 0.6 is 0 Å². The van der Waals surface area contributed by atoms with Gasteiger partial charge in [-0.2, -0.15) is 5.10 Å². The van der Waals surface area contributed by atoms with Crippen LogP contribution in [0.1, 0.15) is 49.1 Å². The molecule has 8 nitrogen and oxygen atoms in total. The lowest BCUT2D eigenvalue weighted by Crippen LogP contribution is -2.41. The predicted octanol–water partition coefficient (Wildman–Crippen LogP) is 2.19. The number of rotatable bonds is 3. The number of benzene rings is 1. The van der Waals surface area contributed by atoms with Crippen LogP contribution in [0.25, 0.3) is 10.9 Å². The van der Waals surface area contributed by atoms with Crippen LogP contribution in [0.15, 0.2) is 24.3 Å². The first kappa shape index (κ1) is 17.4. The van der Waals surface area contributed by atoms with E-state index in [0.717, 1.165) is 54.3 Å². The van der Waals surface area contributed by atoms with E-state index in [1.165, 1.54) is 0 Å². The molecule has 2 aliphatic heterocycles. The number of para-hydroxylation sites is 1. The summed E-state index contributed by atoms with van der Waals surface area (Å²) in [7, 11) is 0. The molecule has 146 valence electrons. The molecule has 1 aromatic carbocycles. The molecule has 1 fully saturated rings. The minimum absolute atomic E-state index is 0.0862. The largest absolute Gasteiger partial charge is 0.381 e. The number of H-pyrrole nitrogens is 1. The van der Waals surface area contributed by atoms with Gasteiger partial charge in [-0.1, -0.05) is 18.2 Å². The van der Waals surface area contributed by atoms with Crippen LogP contribution in [0.3, 0.4) is 0 Å². The fraction of sp³-hybridized carbons (Fsp3) is 0.500. The Kier molecular flexibility index (Phi) is 4.35. The molecule has 0 radical (unpaired) electrons. The highest BCUT2D eigenvalue weighted by molar-refractivity contribution is 5.87. The first-order valence-electron chi connectivity index (χ1n) is 9.92. The summed E-state index contributed by atoms with van der Waals surface area (Å²) < 4.78 is 7.72. The van der Waals surface area contributed by atoms with Crippen LogP contribution in [0.2, 0.25) is 0 Å². The maximum absolute atomic E-state index is 13.0. The number of aromatic amines is 1. The van der Waals surface area contributed by atoms with Gasteiger partial charge in [-0.3, -0.25) is 9.89 Å². The number of hydrogen-bond donors (Lipinski definition) is 1. The summed E-state index contributed by atoms with van der Waals surface area (Å²) in [6, 6.07) is 8.03. The van der Waals surface area contributed by atoms with Gasteiger partial charge in [0.05, 0.1) is 30.2 Å². The van der Waals surface area contributed by atoms with E-state index >= 15 is 0 Å². The van der Waals surface area contributed by atoms with E-state index in [1.54, 1.807) is 0 Å². The van der Waals surface area contributed by atoms with Gasteiger partial charge in [0.25, 0.3) is 0 Å². The molecule has 0 unspecified atom stereocenters. The van der Waals surface area contributed by atoms with Crippen molar-refractivity contribution in [1.82, 2.24) is 29.9 Å². The molecule has 1 amide bonds. The van der Waals surface area contributed by atoms with Gasteiger partial charge in [-0.25, -0.2) is 0 Å². The van der Waals surface area contributed by atoms with E-state index in [2.05, 4.69) is 31.9 Å². The van der Waals surface area contributed by atoms with Crippen molar-refractivity contribution >= 4 is 16.8 Å². The quantitative estimate of drug-likeness (QED) is 0.752. The highest BCUT2D eigenvalue weighted by atomic mass is 16.5. The summed E-state index contributed by atoms with van der Waals surface area (Å²) >= 11 is 0. The van der Waals surface area contributed by atoms with Crippen molar-refractivity contribution in [3.8, 4) is 0 Å². The minimum Gasteiger partial charge on any atom is -0.381 e. The lowest BCUT2D eigenvalue weighted by atomic mass is 9.99. The number of nitrogens with zero attached hydrogens (tertiary/aromatic N) is 5. The molecule has 1 saturated heterocycles. The summed E-state index contributed by atoms with van der Waals surface area (Å²) in [5.41, 5.74) is 1.75. The second kappa shape index (κ2) is 7.01. The van der Waals surface area contributed by atoms with Crippen molar-refractivity contribution in [2.75, 3.05) is 19.8 Å². The van der Waals surface area contributed by atoms with Crippen molar-refractivity contribution in [3.63, 3.8) is 0 Å². The maximum Gasteiger partial charge on any atom is 0.229 e. The molecule has 2 aliphatic rings. The first-order valence-corrected chi connectivity index (χ1v) is 9.92. The molecule has 0 aliphatic carbocycles. The van der Waals surface area contributed by atoms with Crippen LogP contribution in [0, 0.1) is 0 Å². The Morgan fingerprint density at radius 3 is 2.93 bits per heavy atom. The third-order valence-corrected chi connectivity index (χ3v) is 5.86. The Morgan fingerprint density at radius 2 is 2.07 bits per heavy atom. The van der Waals surface area contributed by atoms with Crippen LogP contribution in [-0.4, -0.2) is 55.5 Å². The Bertz CT molecular complexity index is 1000. The third-order valence-electron chi connectivity index (χ3n) is 5.86. The number of carbonyl (C=O) groups is 1. The van der Waals surface area contributed by atoms with Gasteiger partial charge < -0.3 is 14.2 Å². The maximum atomic E-state index is 13.0. The Balaban J connectivity index is 1.34. The number of aromatic nitrogens is 5. The Morgan fingerprint density at radius 1 is 1.25 bits per heavy atom. The van der Waals surface area contributed by atoms with Crippen molar-refractivity contribution in [2.45, 2.75) is 44.7 Å². The molecule has 3 aromatic rings. The lowest BCUT2D eigenvalue weighted by Gasteiger charge is -2.34. The number of carbonyl (C=O) groups excluding carboxylic acids is 1. The highest BCUT2D eigenvalue weighted by Gasteiger charge is 2.32. The fourth-order valence-corrected chi connectivity index (χ4v) is 4.40. The summed E-state index contributed by atoms with van der Waals surface area (Å²) in [4.78, 5) is 14.9. The van der Waals surface area contributed by atoms with E-state index in [4.69, 9.17) is 4.74 Å². The van der Waals surface area contributed by atoms with Crippen molar-refractivity contribution < 1.29 is 9.53 Å². The van der Waals surface area contributed by atoms with Gasteiger partial charge in [0.15, 0.2) is 5.82 Å². The van der Waals surface area contributed by atoms with Crippen LogP contribution in [0.5, 0.6) is 0 Å². The average Bonchev–Trinajstić information content (AvgIpc) is 3.33. The molecule has 4 heterocycles. The molecular weight excluding hydrogens is 356 g/mol. The van der Waals surface area contributed by atoms with E-state index in [0.29, 0.717) is 25.4 Å². The zero-order valence-electron chi connectivity index (χ0n) is 16.0. The molecule has 28 heavy (non-hydrogen) atoms. The van der Waals surface area contributed by atoms with Gasteiger partial charge in [0, 0.05) is 31.1 Å². The van der Waals surface area contributed by atoms with Gasteiger partial charge >= 0.3 is 0 Å². The first-order chi connectivity index (χ1) is 13.7. The van der Waals surface area contributed by atoms with E-state index in [1.807, 2.05) is 29.2 Å². The summed E-state index contributed by atoms with van der Waals surface area (Å²) in [5, 5.41) is 17.2. The van der Waals surface area contributed by atoms with Crippen molar-refractivity contribution in [3.05, 3.63) is 41.6 Å². The topological polar surface area (TPSA) is 88.9 Å². The number of ether oxygens (including phenoxy) is 1. The Hall–Kier alpha value is -2.74. The van der Waals surface area contributed by atoms with E-state index in [-0.39, 0.29) is 11.9 Å². The predicted molar refractivity (Wildman–Crippen MR) is 103 cm³/mol. The summed E-state index contributed by atoms with van der Waals surface area (Å²) in [6.45, 7) is 4.88. The minimum atomic E-state index is 0.0862. The van der Waals surface area contributed by atoms with Crippen LogP contribution < -0.4 is 0 Å². The van der Waals surface area contributed by atoms with Gasteiger partial charge in [0.2, 0.25) is 5.91 Å². The third kappa shape index (κ3) is 2.97. The fourth-order valence-electron chi connectivity index (χ4n) is 4.40. The Labute approximate surface area is 162 Å². The molecule has 0 saturated carbocycles. The summed E-state index contributed by atoms with van der Waals surface area (Å²) in [5.74, 6) is 2.42. The second-order valence-electron chi connectivity index (χ2n) is 7.75. The SMILES string of the molecule is C[C@H]1CN(C(=O)Cc2[nH]nc3ccccc23)Cc2nnc(C3CCOCC3)n21. The van der Waals surface area contributed by atoms with E-state index < -0.39 is 0 Å². The molecule has 8 heteroatoms. The van der Waals surface area contributed by atoms with Crippen LogP contribution in [0.4, 0.5) is 0 Å². The molecule has 1 atom stereocenters. The molecule has 0 spiro atoms. The molecular formula is C20H24N6O2. The van der Waals surface area contributed by atoms with Crippen molar-refractivity contribution in [1.29, 1.82) is 0 Å². The number of nitrogens with one attached hydrogen (secondary N) is 1. The zero-order chi connectivity index (χ0) is 19.1. The number of fused-ring (bicyclic) bond motifs is 2. The van der Waals surface area contributed by atoms with E-state index in [9.17, 15) is 4.79 Å². The van der Waals surface area contributed by atoms with Gasteiger partial charge in [0.1, 0.15) is 5.82 Å². The summed E-state index contributed by atoms with van der Waals surface area (Å²) in [6.07, 6.45) is 2.29. The highest BCUT2D eigenvalue weighted by Crippen LogP contribution is 2.31. The number of amides is 1. The monoisotopic (exact) mass is 380 g/mol. The van der Waals surface area contributed by atoms with Gasteiger partial charge in [-0.05, 0) is 25.8 Å².